The fraction of sp³-hybridized carbons (Fsp3) is 0.692. The molecule has 1 saturated carbocycles. The van der Waals surface area contributed by atoms with Gasteiger partial charge >= 0.3 is 0 Å². The van der Waals surface area contributed by atoms with Crippen molar-refractivity contribution in [2.45, 2.75) is 45.5 Å². The maximum Gasteiger partial charge on any atom is 0.255 e. The minimum Gasteiger partial charge on any atom is -0.370 e. The molecule has 0 radical (unpaired) electrons. The molecule has 1 aliphatic carbocycles. The molecule has 1 aromatic rings. The summed E-state index contributed by atoms with van der Waals surface area (Å²) in [5, 5.41) is 5.95. The number of rotatable bonds is 7. The lowest BCUT2D eigenvalue weighted by Crippen LogP contribution is -2.15. The molecule has 6 heteroatoms. The second kappa shape index (κ2) is 6.12. The van der Waals surface area contributed by atoms with E-state index in [1.165, 1.54) is 0 Å². The number of alkyl halides is 2. The van der Waals surface area contributed by atoms with Crippen molar-refractivity contribution in [2.24, 2.45) is 0 Å². The summed E-state index contributed by atoms with van der Waals surface area (Å²) < 4.78 is 24.6. The molecule has 0 unspecified atom stereocenters. The zero-order valence-electron chi connectivity index (χ0n) is 11.3. The summed E-state index contributed by atoms with van der Waals surface area (Å²) in [6, 6.07) is 0. The highest BCUT2D eigenvalue weighted by Crippen LogP contribution is 2.39. The van der Waals surface area contributed by atoms with Gasteiger partial charge in [-0.15, -0.1) is 0 Å². The predicted octanol–water partition coefficient (Wildman–Crippen LogP) is 3.16. The van der Waals surface area contributed by atoms with Crippen LogP contribution in [0.2, 0.25) is 0 Å². The van der Waals surface area contributed by atoms with Crippen LogP contribution in [0, 0.1) is 6.92 Å². The Morgan fingerprint density at radius 1 is 1.21 bits per heavy atom. The molecule has 1 aromatic heterocycles. The molecule has 1 aliphatic rings. The number of hydrogen-bond acceptors (Lipinski definition) is 4. The minimum atomic E-state index is -2.38. The normalized spacial score (nSPS) is 14.8. The molecule has 0 aromatic carbocycles. The van der Waals surface area contributed by atoms with Crippen molar-refractivity contribution in [3.05, 3.63) is 11.4 Å². The van der Waals surface area contributed by atoms with Gasteiger partial charge in [0, 0.05) is 18.0 Å². The lowest BCUT2D eigenvalue weighted by Gasteiger charge is -2.14. The summed E-state index contributed by atoms with van der Waals surface area (Å²) in [4.78, 5) is 8.89. The summed E-state index contributed by atoms with van der Waals surface area (Å²) in [7, 11) is 0. The molecular weight excluding hydrogens is 250 g/mol. The highest BCUT2D eigenvalue weighted by atomic mass is 19.3. The van der Waals surface area contributed by atoms with Gasteiger partial charge in [-0.25, -0.2) is 18.7 Å². The van der Waals surface area contributed by atoms with E-state index >= 15 is 0 Å². The smallest absolute Gasteiger partial charge is 0.255 e. The molecule has 1 fully saturated rings. The highest BCUT2D eigenvalue weighted by molar-refractivity contribution is 5.57. The van der Waals surface area contributed by atoms with Crippen molar-refractivity contribution in [3.63, 3.8) is 0 Å². The Morgan fingerprint density at radius 3 is 2.37 bits per heavy atom. The van der Waals surface area contributed by atoms with Gasteiger partial charge in [0.2, 0.25) is 0 Å². The lowest BCUT2D eigenvalue weighted by atomic mass is 10.2. The molecule has 0 saturated heterocycles. The first-order chi connectivity index (χ1) is 9.11. The van der Waals surface area contributed by atoms with E-state index in [1.54, 1.807) is 0 Å². The number of anilines is 2. The number of halogens is 2. The molecule has 1 heterocycles. The van der Waals surface area contributed by atoms with E-state index < -0.39 is 6.43 Å². The van der Waals surface area contributed by atoms with Crippen LogP contribution in [0.15, 0.2) is 0 Å². The van der Waals surface area contributed by atoms with E-state index in [0.29, 0.717) is 11.7 Å². The molecule has 19 heavy (non-hydrogen) atoms. The van der Waals surface area contributed by atoms with Gasteiger partial charge in [-0.05, 0) is 26.2 Å². The molecule has 0 atom stereocenters. The van der Waals surface area contributed by atoms with Crippen molar-refractivity contribution in [1.29, 1.82) is 0 Å². The van der Waals surface area contributed by atoms with E-state index in [1.807, 2.05) is 6.92 Å². The van der Waals surface area contributed by atoms with Crippen molar-refractivity contribution in [1.82, 2.24) is 9.97 Å². The van der Waals surface area contributed by atoms with Gasteiger partial charge in [0.05, 0.1) is 6.54 Å². The van der Waals surface area contributed by atoms with Crippen molar-refractivity contribution in [2.75, 3.05) is 23.7 Å². The first kappa shape index (κ1) is 14.0. The van der Waals surface area contributed by atoms with Crippen LogP contribution < -0.4 is 10.6 Å². The largest absolute Gasteiger partial charge is 0.370 e. The Bertz CT molecular complexity index is 433. The van der Waals surface area contributed by atoms with E-state index in [9.17, 15) is 8.78 Å². The second-order valence-corrected chi connectivity index (χ2v) is 4.88. The van der Waals surface area contributed by atoms with Crippen LogP contribution in [-0.2, 0) is 0 Å². The fourth-order valence-electron chi connectivity index (χ4n) is 1.82. The zero-order valence-corrected chi connectivity index (χ0v) is 11.3. The molecule has 2 rings (SSSR count). The van der Waals surface area contributed by atoms with Gasteiger partial charge in [0.15, 0.2) is 0 Å². The van der Waals surface area contributed by atoms with Crippen LogP contribution in [0.5, 0.6) is 0 Å². The standard InChI is InChI=1S/C13H20F2N4/c1-3-6-16-11-8(2)12(17-7-10(14)15)19-13(18-11)9-4-5-9/h9-10H,3-7H2,1-2H3,(H2,16,17,18,19). The average Bonchev–Trinajstić information content (AvgIpc) is 3.20. The van der Waals surface area contributed by atoms with Gasteiger partial charge in [0.25, 0.3) is 6.43 Å². The van der Waals surface area contributed by atoms with Crippen LogP contribution in [0.3, 0.4) is 0 Å². The maximum absolute atomic E-state index is 12.3. The summed E-state index contributed by atoms with van der Waals surface area (Å²) in [6.45, 7) is 4.36. The molecular formula is C13H20F2N4. The molecule has 0 spiro atoms. The Hall–Kier alpha value is -1.46. The van der Waals surface area contributed by atoms with Crippen LogP contribution >= 0.6 is 0 Å². The Labute approximate surface area is 112 Å². The molecule has 4 nitrogen and oxygen atoms in total. The van der Waals surface area contributed by atoms with Gasteiger partial charge in [0.1, 0.15) is 17.5 Å². The van der Waals surface area contributed by atoms with E-state index in [4.69, 9.17) is 0 Å². The molecule has 106 valence electrons. The third-order valence-corrected chi connectivity index (χ3v) is 3.07. The number of nitrogens with one attached hydrogen (secondary N) is 2. The van der Waals surface area contributed by atoms with Crippen molar-refractivity contribution < 1.29 is 8.78 Å². The SMILES string of the molecule is CCCNc1nc(C2CC2)nc(NCC(F)F)c1C. The first-order valence-electron chi connectivity index (χ1n) is 6.76. The predicted molar refractivity (Wildman–Crippen MR) is 72.0 cm³/mol. The zero-order chi connectivity index (χ0) is 13.8. The van der Waals surface area contributed by atoms with Gasteiger partial charge in [-0.2, -0.15) is 0 Å². The minimum absolute atomic E-state index is 0.380. The Kier molecular flexibility index (Phi) is 4.50. The third-order valence-electron chi connectivity index (χ3n) is 3.07. The maximum atomic E-state index is 12.3. The van der Waals surface area contributed by atoms with Crippen LogP contribution in [0.1, 0.15) is 43.5 Å². The number of hydrogen-bond donors (Lipinski definition) is 2. The Balaban J connectivity index is 2.20. The third kappa shape index (κ3) is 3.75. The summed E-state index contributed by atoms with van der Waals surface area (Å²) >= 11 is 0. The van der Waals surface area contributed by atoms with Gasteiger partial charge in [-0.3, -0.25) is 0 Å². The number of nitrogens with zero attached hydrogens (tertiary/aromatic N) is 2. The monoisotopic (exact) mass is 270 g/mol. The van der Waals surface area contributed by atoms with E-state index in [0.717, 1.165) is 43.0 Å². The Morgan fingerprint density at radius 2 is 1.84 bits per heavy atom. The summed E-state index contributed by atoms with van der Waals surface area (Å²) in [5.41, 5.74) is 0.804. The summed E-state index contributed by atoms with van der Waals surface area (Å²) in [5.74, 6) is 2.45. The fourth-order valence-corrected chi connectivity index (χ4v) is 1.82. The van der Waals surface area contributed by atoms with Gasteiger partial charge < -0.3 is 10.6 Å². The van der Waals surface area contributed by atoms with E-state index in [-0.39, 0.29) is 6.54 Å². The quantitative estimate of drug-likeness (QED) is 0.799. The second-order valence-electron chi connectivity index (χ2n) is 4.88. The van der Waals surface area contributed by atoms with Crippen molar-refractivity contribution >= 4 is 11.6 Å². The topological polar surface area (TPSA) is 49.8 Å². The van der Waals surface area contributed by atoms with E-state index in [2.05, 4.69) is 27.5 Å². The summed E-state index contributed by atoms with van der Waals surface area (Å²) in [6.07, 6.45) is 0.780. The molecule has 0 bridgehead atoms. The number of aromatic nitrogens is 2. The van der Waals surface area contributed by atoms with Crippen LogP contribution in [0.25, 0.3) is 0 Å². The molecule has 0 amide bonds. The lowest BCUT2D eigenvalue weighted by molar-refractivity contribution is 0.163. The first-order valence-corrected chi connectivity index (χ1v) is 6.76. The molecule has 0 aliphatic heterocycles. The van der Waals surface area contributed by atoms with Gasteiger partial charge in [-0.1, -0.05) is 6.92 Å². The molecule has 2 N–H and O–H groups in total. The highest BCUT2D eigenvalue weighted by Gasteiger charge is 2.28. The average molecular weight is 270 g/mol. The van der Waals surface area contributed by atoms with Crippen LogP contribution in [0.4, 0.5) is 20.4 Å². The van der Waals surface area contributed by atoms with Crippen LogP contribution in [-0.4, -0.2) is 29.5 Å². The van der Waals surface area contributed by atoms with Crippen molar-refractivity contribution in [3.8, 4) is 0 Å².